The summed E-state index contributed by atoms with van der Waals surface area (Å²) in [5.74, 6) is 2.07. The van der Waals surface area contributed by atoms with Crippen molar-refractivity contribution >= 4 is 11.8 Å². The van der Waals surface area contributed by atoms with E-state index in [2.05, 4.69) is 12.2 Å². The summed E-state index contributed by atoms with van der Waals surface area (Å²) >= 11 is 2.03. The zero-order chi connectivity index (χ0) is 14.4. The van der Waals surface area contributed by atoms with Gasteiger partial charge in [0.05, 0.1) is 0 Å². The molecule has 0 amide bonds. The molecule has 2 atom stereocenters. The minimum absolute atomic E-state index is 0.333. The van der Waals surface area contributed by atoms with Crippen molar-refractivity contribution in [2.75, 3.05) is 25.4 Å². The molecule has 1 aromatic carbocycles. The molecule has 1 fully saturated rings. The summed E-state index contributed by atoms with van der Waals surface area (Å²) in [5.41, 5.74) is 1.21. The van der Waals surface area contributed by atoms with E-state index in [9.17, 15) is 5.11 Å². The number of hydrogen-bond acceptors (Lipinski definition) is 4. The molecule has 1 heterocycles. The third kappa shape index (κ3) is 5.00. The fourth-order valence-corrected chi connectivity index (χ4v) is 3.64. The Bertz CT molecular complexity index is 401. The highest BCUT2D eigenvalue weighted by Gasteiger charge is 2.28. The molecule has 0 saturated carbocycles. The first-order valence-corrected chi connectivity index (χ1v) is 8.28. The molecule has 1 saturated heterocycles. The topological polar surface area (TPSA) is 41.5 Å². The fourth-order valence-electron chi connectivity index (χ4n) is 2.37. The molecular weight excluding hydrogens is 270 g/mol. The normalized spacial score (nSPS) is 23.8. The smallest absolute Gasteiger partial charge is 0.119 e. The van der Waals surface area contributed by atoms with Crippen LogP contribution in [-0.4, -0.2) is 41.4 Å². The van der Waals surface area contributed by atoms with Crippen molar-refractivity contribution in [3.63, 3.8) is 0 Å². The largest absolute Gasteiger partial charge is 0.491 e. The zero-order valence-electron chi connectivity index (χ0n) is 12.4. The molecule has 0 bridgehead atoms. The van der Waals surface area contributed by atoms with Gasteiger partial charge in [-0.2, -0.15) is 11.8 Å². The van der Waals surface area contributed by atoms with E-state index in [1.165, 1.54) is 24.2 Å². The van der Waals surface area contributed by atoms with Crippen LogP contribution in [-0.2, 0) is 0 Å². The lowest BCUT2D eigenvalue weighted by Crippen LogP contribution is -2.39. The van der Waals surface area contributed by atoms with Crippen LogP contribution in [0.15, 0.2) is 24.3 Å². The van der Waals surface area contributed by atoms with Gasteiger partial charge in [-0.25, -0.2) is 0 Å². The lowest BCUT2D eigenvalue weighted by molar-refractivity contribution is 0.106. The highest BCUT2D eigenvalue weighted by Crippen LogP contribution is 2.36. The first kappa shape index (κ1) is 15.7. The van der Waals surface area contributed by atoms with Crippen molar-refractivity contribution in [1.82, 2.24) is 5.32 Å². The summed E-state index contributed by atoms with van der Waals surface area (Å²) in [6, 6.07) is 7.90. The lowest BCUT2D eigenvalue weighted by atomic mass is 10.1. The van der Waals surface area contributed by atoms with Crippen LogP contribution in [0, 0.1) is 6.92 Å². The van der Waals surface area contributed by atoms with Gasteiger partial charge in [-0.15, -0.1) is 0 Å². The van der Waals surface area contributed by atoms with E-state index < -0.39 is 6.10 Å². The van der Waals surface area contributed by atoms with E-state index in [4.69, 9.17) is 4.74 Å². The predicted molar refractivity (Wildman–Crippen MR) is 85.6 cm³/mol. The second kappa shape index (κ2) is 7.34. The Balaban J connectivity index is 1.62. The molecule has 1 aliphatic rings. The van der Waals surface area contributed by atoms with Crippen LogP contribution in [0.3, 0.4) is 0 Å². The van der Waals surface area contributed by atoms with Gasteiger partial charge in [0.1, 0.15) is 18.5 Å². The molecule has 112 valence electrons. The fraction of sp³-hybridized carbons (Fsp3) is 0.625. The molecule has 0 spiro atoms. The van der Waals surface area contributed by atoms with Gasteiger partial charge >= 0.3 is 0 Å². The number of aryl methyl sites for hydroxylation is 1. The number of ether oxygens (including phenoxy) is 1. The maximum absolute atomic E-state index is 9.93. The van der Waals surface area contributed by atoms with Gasteiger partial charge in [0.2, 0.25) is 0 Å². The Morgan fingerprint density at radius 2 is 2.15 bits per heavy atom. The van der Waals surface area contributed by atoms with Crippen LogP contribution in [0.25, 0.3) is 0 Å². The Kier molecular flexibility index (Phi) is 5.75. The van der Waals surface area contributed by atoms with Gasteiger partial charge < -0.3 is 15.2 Å². The van der Waals surface area contributed by atoms with E-state index in [-0.39, 0.29) is 0 Å². The Hall–Kier alpha value is -0.710. The van der Waals surface area contributed by atoms with Gasteiger partial charge in [0, 0.05) is 17.8 Å². The number of aliphatic hydroxyl groups is 1. The van der Waals surface area contributed by atoms with Crippen LogP contribution in [0.1, 0.15) is 25.3 Å². The third-order valence-corrected chi connectivity index (χ3v) is 5.18. The number of thioether (sulfide) groups is 1. The minimum atomic E-state index is -0.466. The quantitative estimate of drug-likeness (QED) is 0.811. The van der Waals surface area contributed by atoms with Crippen LogP contribution in [0.2, 0.25) is 0 Å². The van der Waals surface area contributed by atoms with Crippen LogP contribution < -0.4 is 10.1 Å². The van der Waals surface area contributed by atoms with Crippen LogP contribution in [0.4, 0.5) is 0 Å². The summed E-state index contributed by atoms with van der Waals surface area (Å²) in [7, 11) is 0. The number of benzene rings is 1. The molecule has 2 N–H and O–H groups in total. The number of rotatable bonds is 7. The Labute approximate surface area is 126 Å². The molecule has 1 aliphatic heterocycles. The molecular formula is C16H25NO2S. The van der Waals surface area contributed by atoms with E-state index >= 15 is 0 Å². The number of hydrogen-bond donors (Lipinski definition) is 2. The summed E-state index contributed by atoms with van der Waals surface area (Å²) in [6.07, 6.45) is 2.11. The summed E-state index contributed by atoms with van der Waals surface area (Å²) in [6.45, 7) is 6.22. The summed E-state index contributed by atoms with van der Waals surface area (Å²) in [4.78, 5) is 0. The average molecular weight is 295 g/mol. The number of aliphatic hydroxyl groups excluding tert-OH is 1. The minimum Gasteiger partial charge on any atom is -0.491 e. The zero-order valence-corrected chi connectivity index (χ0v) is 13.2. The van der Waals surface area contributed by atoms with Crippen LogP contribution >= 0.6 is 11.8 Å². The average Bonchev–Trinajstić information content (AvgIpc) is 2.85. The van der Waals surface area contributed by atoms with Crippen molar-refractivity contribution in [1.29, 1.82) is 0 Å². The predicted octanol–water partition coefficient (Wildman–Crippen LogP) is 2.61. The van der Waals surface area contributed by atoms with E-state index in [0.29, 0.717) is 17.9 Å². The number of nitrogens with one attached hydrogen (secondary N) is 1. The van der Waals surface area contributed by atoms with Crippen molar-refractivity contribution in [3.05, 3.63) is 29.8 Å². The molecule has 0 aliphatic carbocycles. The van der Waals surface area contributed by atoms with E-state index in [1.54, 1.807) is 0 Å². The monoisotopic (exact) mass is 295 g/mol. The van der Waals surface area contributed by atoms with E-state index in [0.717, 1.165) is 12.3 Å². The summed E-state index contributed by atoms with van der Waals surface area (Å²) in [5, 5.41) is 13.3. The second-order valence-corrected chi connectivity index (χ2v) is 7.49. The van der Waals surface area contributed by atoms with E-state index in [1.807, 2.05) is 43.0 Å². The molecule has 4 heteroatoms. The van der Waals surface area contributed by atoms with Crippen molar-refractivity contribution in [2.45, 2.75) is 37.5 Å². The second-order valence-electron chi connectivity index (χ2n) is 5.81. The first-order valence-electron chi connectivity index (χ1n) is 7.30. The highest BCUT2D eigenvalue weighted by atomic mass is 32.2. The Morgan fingerprint density at radius 1 is 1.40 bits per heavy atom. The molecule has 3 nitrogen and oxygen atoms in total. The third-order valence-electron chi connectivity index (χ3n) is 3.64. The van der Waals surface area contributed by atoms with Gasteiger partial charge in [0.15, 0.2) is 0 Å². The van der Waals surface area contributed by atoms with Gasteiger partial charge in [0.25, 0.3) is 0 Å². The maximum atomic E-state index is 9.93. The maximum Gasteiger partial charge on any atom is 0.119 e. The van der Waals surface area contributed by atoms with Gasteiger partial charge in [-0.05, 0) is 44.6 Å². The highest BCUT2D eigenvalue weighted by molar-refractivity contribution is 8.00. The molecule has 0 aromatic heterocycles. The SMILES string of the molecule is Cc1ccc(OCC(O)CNCC2(C)CCCS2)cc1. The van der Waals surface area contributed by atoms with Crippen LogP contribution in [0.5, 0.6) is 5.75 Å². The standard InChI is InChI=1S/C16H25NO2S/c1-13-4-6-15(7-5-13)19-11-14(18)10-17-12-16(2)8-3-9-20-16/h4-7,14,17-18H,3,8-12H2,1-2H3. The first-order chi connectivity index (χ1) is 9.57. The van der Waals surface area contributed by atoms with Gasteiger partial charge in [-0.1, -0.05) is 17.7 Å². The van der Waals surface area contributed by atoms with Gasteiger partial charge in [-0.3, -0.25) is 0 Å². The molecule has 0 radical (unpaired) electrons. The lowest BCUT2D eigenvalue weighted by Gasteiger charge is -2.24. The molecule has 2 rings (SSSR count). The molecule has 2 unspecified atom stereocenters. The molecule has 20 heavy (non-hydrogen) atoms. The van der Waals surface area contributed by atoms with Crippen molar-refractivity contribution < 1.29 is 9.84 Å². The van der Waals surface area contributed by atoms with Crippen molar-refractivity contribution in [3.8, 4) is 5.75 Å². The van der Waals surface area contributed by atoms with Crippen molar-refractivity contribution in [2.24, 2.45) is 0 Å². The molecule has 1 aromatic rings. The Morgan fingerprint density at radius 3 is 2.80 bits per heavy atom. The summed E-state index contributed by atoms with van der Waals surface area (Å²) < 4.78 is 5.92.